The number of nitrogens with one attached hydrogen (secondary N) is 2. The van der Waals surface area contributed by atoms with Gasteiger partial charge in [0.1, 0.15) is 18.1 Å². The molecule has 2 N–H and O–H groups in total. The van der Waals surface area contributed by atoms with Crippen molar-refractivity contribution in [1.29, 1.82) is 0 Å². The maximum Gasteiger partial charge on any atom is 0.191 e. The molecular formula is C26H36IN3O3. The first-order chi connectivity index (χ1) is 15.7. The number of guanidine groups is 1. The largest absolute Gasteiger partial charge is 0.494 e. The zero-order valence-electron chi connectivity index (χ0n) is 19.6. The van der Waals surface area contributed by atoms with Gasteiger partial charge in [-0.1, -0.05) is 43.0 Å². The highest BCUT2D eigenvalue weighted by Gasteiger charge is 2.34. The van der Waals surface area contributed by atoms with Crippen LogP contribution in [0.4, 0.5) is 0 Å². The van der Waals surface area contributed by atoms with Crippen molar-refractivity contribution in [2.45, 2.75) is 31.7 Å². The minimum atomic E-state index is -0.00834. The first kappa shape index (κ1) is 27.0. The SMILES string of the molecule is C=CCOc1ccccc1CNC(=NC)NCC1(c2ccc(OCC)cc2)CCOCC1.I. The predicted molar refractivity (Wildman–Crippen MR) is 145 cm³/mol. The minimum Gasteiger partial charge on any atom is -0.494 e. The summed E-state index contributed by atoms with van der Waals surface area (Å²) in [5.74, 6) is 2.52. The second kappa shape index (κ2) is 14.1. The smallest absolute Gasteiger partial charge is 0.191 e. The Morgan fingerprint density at radius 2 is 1.82 bits per heavy atom. The molecule has 0 radical (unpaired) electrons. The number of rotatable bonds is 10. The van der Waals surface area contributed by atoms with Crippen molar-refractivity contribution in [1.82, 2.24) is 10.6 Å². The lowest BCUT2D eigenvalue weighted by Crippen LogP contribution is -2.47. The summed E-state index contributed by atoms with van der Waals surface area (Å²) in [6, 6.07) is 16.5. The van der Waals surface area contributed by atoms with Crippen molar-refractivity contribution < 1.29 is 14.2 Å². The highest BCUT2D eigenvalue weighted by molar-refractivity contribution is 14.0. The number of hydrogen-bond acceptors (Lipinski definition) is 4. The Balaban J connectivity index is 0.00000385. The fourth-order valence-electron chi connectivity index (χ4n) is 3.99. The molecule has 2 aromatic rings. The number of hydrogen-bond donors (Lipinski definition) is 2. The summed E-state index contributed by atoms with van der Waals surface area (Å²) in [7, 11) is 1.79. The summed E-state index contributed by atoms with van der Waals surface area (Å²) in [6.07, 6.45) is 3.67. The third kappa shape index (κ3) is 7.64. The predicted octanol–water partition coefficient (Wildman–Crippen LogP) is 4.68. The Labute approximate surface area is 214 Å². The number of aliphatic imine (C=N–C) groups is 1. The van der Waals surface area contributed by atoms with E-state index in [-0.39, 0.29) is 29.4 Å². The Morgan fingerprint density at radius 1 is 1.09 bits per heavy atom. The number of benzene rings is 2. The highest BCUT2D eigenvalue weighted by atomic mass is 127. The van der Waals surface area contributed by atoms with Gasteiger partial charge in [-0.15, -0.1) is 24.0 Å². The van der Waals surface area contributed by atoms with Crippen LogP contribution < -0.4 is 20.1 Å². The van der Waals surface area contributed by atoms with E-state index < -0.39 is 0 Å². The molecule has 0 amide bonds. The molecule has 0 saturated carbocycles. The van der Waals surface area contributed by atoms with Crippen LogP contribution in [0.25, 0.3) is 0 Å². The van der Waals surface area contributed by atoms with Gasteiger partial charge in [-0.2, -0.15) is 0 Å². The maximum absolute atomic E-state index is 5.77. The molecule has 7 heteroatoms. The van der Waals surface area contributed by atoms with Gasteiger partial charge in [0, 0.05) is 44.3 Å². The third-order valence-electron chi connectivity index (χ3n) is 5.82. The molecule has 2 aromatic carbocycles. The lowest BCUT2D eigenvalue weighted by Gasteiger charge is -2.38. The van der Waals surface area contributed by atoms with Crippen molar-refractivity contribution in [3.8, 4) is 11.5 Å². The summed E-state index contributed by atoms with van der Waals surface area (Å²) in [4.78, 5) is 4.43. The maximum atomic E-state index is 5.77. The minimum absolute atomic E-state index is 0. The topological polar surface area (TPSA) is 64.1 Å². The van der Waals surface area contributed by atoms with Gasteiger partial charge in [0.2, 0.25) is 0 Å². The van der Waals surface area contributed by atoms with Crippen LogP contribution in [0.15, 0.2) is 66.2 Å². The molecule has 0 aliphatic carbocycles. The third-order valence-corrected chi connectivity index (χ3v) is 5.82. The molecule has 1 heterocycles. The molecule has 1 fully saturated rings. The molecular weight excluding hydrogens is 529 g/mol. The Morgan fingerprint density at radius 3 is 2.48 bits per heavy atom. The Bertz CT molecular complexity index is 881. The highest BCUT2D eigenvalue weighted by Crippen LogP contribution is 2.35. The average molecular weight is 565 g/mol. The molecule has 0 spiro atoms. The molecule has 1 aliphatic rings. The summed E-state index contributed by atoms with van der Waals surface area (Å²) >= 11 is 0. The lowest BCUT2D eigenvalue weighted by atomic mass is 9.74. The van der Waals surface area contributed by atoms with E-state index in [1.165, 1.54) is 5.56 Å². The standard InChI is InChI=1S/C26H35N3O3.HI/c1-4-16-32-24-9-7-6-8-21(24)19-28-25(27-3)29-20-26(14-17-30-18-15-26)22-10-12-23(13-11-22)31-5-2;/h4,6-13H,1,5,14-20H2,2-3H3,(H2,27,28,29);1H. The zero-order valence-corrected chi connectivity index (χ0v) is 22.0. The number of ether oxygens (including phenoxy) is 3. The van der Waals surface area contributed by atoms with Crippen molar-refractivity contribution in [3.63, 3.8) is 0 Å². The normalized spacial score (nSPS) is 15.2. The van der Waals surface area contributed by atoms with E-state index in [0.29, 0.717) is 19.8 Å². The van der Waals surface area contributed by atoms with Gasteiger partial charge in [0.25, 0.3) is 0 Å². The molecule has 1 saturated heterocycles. The fraction of sp³-hybridized carbons (Fsp3) is 0.423. The van der Waals surface area contributed by atoms with E-state index in [4.69, 9.17) is 14.2 Å². The van der Waals surface area contributed by atoms with Crippen molar-refractivity contribution >= 4 is 29.9 Å². The van der Waals surface area contributed by atoms with Gasteiger partial charge in [-0.3, -0.25) is 4.99 Å². The number of halogens is 1. The molecule has 0 unspecified atom stereocenters. The van der Waals surface area contributed by atoms with E-state index in [1.807, 2.05) is 25.1 Å². The van der Waals surface area contributed by atoms with Crippen molar-refractivity contribution in [3.05, 3.63) is 72.3 Å². The quantitative estimate of drug-likeness (QED) is 0.190. The number of nitrogens with zero attached hydrogens (tertiary/aromatic N) is 1. The van der Waals surface area contributed by atoms with Crippen LogP contribution in [0.1, 0.15) is 30.9 Å². The molecule has 6 nitrogen and oxygen atoms in total. The van der Waals surface area contributed by atoms with Crippen LogP contribution in [0, 0.1) is 0 Å². The van der Waals surface area contributed by atoms with Crippen molar-refractivity contribution in [2.75, 3.05) is 40.0 Å². The van der Waals surface area contributed by atoms with Gasteiger partial charge in [-0.25, -0.2) is 0 Å². The van der Waals surface area contributed by atoms with E-state index >= 15 is 0 Å². The van der Waals surface area contributed by atoms with Gasteiger partial charge >= 0.3 is 0 Å². The van der Waals surface area contributed by atoms with E-state index in [1.54, 1.807) is 13.1 Å². The zero-order chi connectivity index (χ0) is 22.7. The van der Waals surface area contributed by atoms with Crippen molar-refractivity contribution in [2.24, 2.45) is 4.99 Å². The molecule has 0 aromatic heterocycles. The van der Waals surface area contributed by atoms with E-state index in [2.05, 4.69) is 52.5 Å². The van der Waals surface area contributed by atoms with Crippen LogP contribution in [0.3, 0.4) is 0 Å². The van der Waals surface area contributed by atoms with Crippen LogP contribution in [-0.2, 0) is 16.7 Å². The second-order valence-corrected chi connectivity index (χ2v) is 7.84. The number of para-hydroxylation sites is 1. The van der Waals surface area contributed by atoms with Crippen LogP contribution in [-0.4, -0.2) is 46.0 Å². The van der Waals surface area contributed by atoms with E-state index in [0.717, 1.165) is 55.6 Å². The van der Waals surface area contributed by atoms with Gasteiger partial charge in [0.15, 0.2) is 5.96 Å². The summed E-state index contributed by atoms with van der Waals surface area (Å²) in [5, 5.41) is 6.96. The lowest BCUT2D eigenvalue weighted by molar-refractivity contribution is 0.0513. The van der Waals surface area contributed by atoms with E-state index in [9.17, 15) is 0 Å². The summed E-state index contributed by atoms with van der Waals surface area (Å²) in [6.45, 7) is 9.79. The first-order valence-electron chi connectivity index (χ1n) is 11.3. The first-order valence-corrected chi connectivity index (χ1v) is 11.3. The van der Waals surface area contributed by atoms with Gasteiger partial charge in [-0.05, 0) is 43.5 Å². The Hall–Kier alpha value is -2.26. The molecule has 33 heavy (non-hydrogen) atoms. The summed E-state index contributed by atoms with van der Waals surface area (Å²) in [5.41, 5.74) is 2.37. The second-order valence-electron chi connectivity index (χ2n) is 7.84. The monoisotopic (exact) mass is 565 g/mol. The fourth-order valence-corrected chi connectivity index (χ4v) is 3.99. The Kier molecular flexibility index (Phi) is 11.5. The van der Waals surface area contributed by atoms with Gasteiger partial charge < -0.3 is 24.8 Å². The summed E-state index contributed by atoms with van der Waals surface area (Å²) < 4.78 is 17.1. The average Bonchev–Trinajstić information content (AvgIpc) is 2.84. The molecule has 1 aliphatic heterocycles. The van der Waals surface area contributed by atoms with Crippen LogP contribution in [0.5, 0.6) is 11.5 Å². The van der Waals surface area contributed by atoms with Gasteiger partial charge in [0.05, 0.1) is 6.61 Å². The molecule has 180 valence electrons. The van der Waals surface area contributed by atoms with Crippen LogP contribution >= 0.6 is 24.0 Å². The molecule has 0 bridgehead atoms. The van der Waals surface area contributed by atoms with Crippen LogP contribution in [0.2, 0.25) is 0 Å². The molecule has 0 atom stereocenters. The molecule has 3 rings (SSSR count).